The van der Waals surface area contributed by atoms with Crippen LogP contribution in [0.2, 0.25) is 0 Å². The number of aliphatic hydroxyl groups is 1. The van der Waals surface area contributed by atoms with Crippen LogP contribution in [0.15, 0.2) is 119 Å². The molecule has 0 saturated carbocycles. The summed E-state index contributed by atoms with van der Waals surface area (Å²) < 4.78 is 12.2. The fraction of sp³-hybridized carbons (Fsp3) is 0.235. The van der Waals surface area contributed by atoms with Crippen molar-refractivity contribution in [2.24, 2.45) is 10.1 Å². The minimum Gasteiger partial charge on any atom is -0.494 e. The van der Waals surface area contributed by atoms with E-state index in [4.69, 9.17) is 19.6 Å². The number of nitrogens with one attached hydrogen (secondary N) is 1. The van der Waals surface area contributed by atoms with Gasteiger partial charge in [0.15, 0.2) is 11.6 Å². The van der Waals surface area contributed by atoms with Crippen LogP contribution in [0.4, 0.5) is 5.69 Å². The largest absolute Gasteiger partial charge is 0.494 e. The van der Waals surface area contributed by atoms with Gasteiger partial charge in [0.05, 0.1) is 6.61 Å². The van der Waals surface area contributed by atoms with E-state index >= 15 is 0 Å². The van der Waals surface area contributed by atoms with Crippen LogP contribution in [0.25, 0.3) is 10.4 Å². The number of carbonyl (C=O) groups excluding carboxylic acids is 1. The molecule has 9 heteroatoms. The van der Waals surface area contributed by atoms with Crippen molar-refractivity contribution >= 4 is 17.5 Å². The Bertz CT molecular complexity index is 1590. The van der Waals surface area contributed by atoms with Crippen LogP contribution in [0.3, 0.4) is 0 Å². The average Bonchev–Trinajstić information content (AvgIpc) is 3.43. The first kappa shape index (κ1) is 29.4. The zero-order valence-corrected chi connectivity index (χ0v) is 23.7. The molecule has 0 radical (unpaired) electrons. The van der Waals surface area contributed by atoms with Gasteiger partial charge in [-0.25, -0.2) is 4.99 Å². The molecule has 1 amide bonds. The molecule has 0 unspecified atom stereocenters. The summed E-state index contributed by atoms with van der Waals surface area (Å²) in [6.07, 6.45) is 0.571. The molecule has 2 N–H and O–H groups in total. The summed E-state index contributed by atoms with van der Waals surface area (Å²) in [5.41, 5.74) is 11.5. The van der Waals surface area contributed by atoms with E-state index in [0.29, 0.717) is 54.5 Å². The van der Waals surface area contributed by atoms with E-state index < -0.39 is 11.6 Å². The van der Waals surface area contributed by atoms with Gasteiger partial charge in [-0.2, -0.15) is 0 Å². The van der Waals surface area contributed by atoms with Crippen LogP contribution >= 0.6 is 0 Å². The standard InChI is InChI=1S/C34H33N5O4/c35-39-38-30-15-8-7-14-29(30)31-34(24-26-12-5-2-6-13-26,33(41)36-21-20-25-10-3-1-4-11-25)37-32(43-31)27-16-18-28(19-17-27)42-23-9-22-40/h1-8,10-19,31,40H,9,20-24H2,(H,36,41)/t31-,34-/m1/s1. The molecule has 0 fully saturated rings. The van der Waals surface area contributed by atoms with Crippen molar-refractivity contribution in [1.29, 1.82) is 0 Å². The Labute approximate surface area is 250 Å². The quantitative estimate of drug-likeness (QED) is 0.0845. The lowest BCUT2D eigenvalue weighted by Crippen LogP contribution is -2.50. The number of benzene rings is 4. The van der Waals surface area contributed by atoms with E-state index in [1.165, 1.54) is 0 Å². The van der Waals surface area contributed by atoms with Crippen molar-refractivity contribution in [2.45, 2.75) is 30.9 Å². The van der Waals surface area contributed by atoms with Gasteiger partial charge in [-0.1, -0.05) is 90.0 Å². The molecule has 0 spiro atoms. The number of aliphatic hydroxyl groups excluding tert-OH is 1. The van der Waals surface area contributed by atoms with Gasteiger partial charge in [0.25, 0.3) is 5.91 Å². The Hall–Kier alpha value is -5.11. The molecular weight excluding hydrogens is 542 g/mol. The third kappa shape index (κ3) is 7.04. The Balaban J connectivity index is 1.55. The molecule has 0 aliphatic carbocycles. The van der Waals surface area contributed by atoms with Gasteiger partial charge in [-0.05, 0) is 47.3 Å². The molecule has 4 aromatic rings. The fourth-order valence-corrected chi connectivity index (χ4v) is 5.13. The monoisotopic (exact) mass is 575 g/mol. The molecule has 218 valence electrons. The smallest absolute Gasteiger partial charge is 0.252 e. The summed E-state index contributed by atoms with van der Waals surface area (Å²) in [4.78, 5) is 22.4. The van der Waals surface area contributed by atoms with E-state index in [0.717, 1.165) is 11.1 Å². The molecular formula is C34H33N5O4. The van der Waals surface area contributed by atoms with Crippen molar-refractivity contribution in [2.75, 3.05) is 19.8 Å². The van der Waals surface area contributed by atoms with Gasteiger partial charge in [-0.15, -0.1) is 0 Å². The number of nitrogens with zero attached hydrogens (tertiary/aromatic N) is 4. The fourth-order valence-electron chi connectivity index (χ4n) is 5.13. The highest BCUT2D eigenvalue weighted by Gasteiger charge is 2.53. The Kier molecular flexibility index (Phi) is 9.69. The van der Waals surface area contributed by atoms with Crippen LogP contribution in [-0.4, -0.2) is 42.2 Å². The summed E-state index contributed by atoms with van der Waals surface area (Å²) in [7, 11) is 0. The maximum atomic E-state index is 14.4. The zero-order valence-electron chi connectivity index (χ0n) is 23.7. The molecule has 1 aliphatic rings. The molecule has 0 saturated heterocycles. The van der Waals surface area contributed by atoms with Crippen molar-refractivity contribution in [3.8, 4) is 5.75 Å². The zero-order chi connectivity index (χ0) is 29.9. The number of azide groups is 1. The first-order valence-electron chi connectivity index (χ1n) is 14.2. The normalized spacial score (nSPS) is 17.3. The van der Waals surface area contributed by atoms with Crippen molar-refractivity contribution in [3.63, 3.8) is 0 Å². The summed E-state index contributed by atoms with van der Waals surface area (Å²) in [5, 5.41) is 16.1. The van der Waals surface area contributed by atoms with E-state index in [2.05, 4.69) is 15.3 Å². The third-order valence-corrected chi connectivity index (χ3v) is 7.26. The van der Waals surface area contributed by atoms with Crippen molar-refractivity contribution in [3.05, 3.63) is 142 Å². The SMILES string of the molecule is [N-]=[N+]=Nc1ccccc1[C@H]1OC(c2ccc(OCCCO)cc2)=N[C@@]1(Cc1ccccc1)C(=O)NCCc1ccccc1. The maximum absolute atomic E-state index is 14.4. The highest BCUT2D eigenvalue weighted by Crippen LogP contribution is 2.45. The van der Waals surface area contributed by atoms with Crippen molar-refractivity contribution in [1.82, 2.24) is 5.32 Å². The number of hydrogen-bond donors (Lipinski definition) is 2. The molecule has 0 aromatic heterocycles. The second kappa shape index (κ2) is 14.2. The van der Waals surface area contributed by atoms with Crippen LogP contribution in [0.1, 0.15) is 34.8 Å². The molecule has 1 aliphatic heterocycles. The van der Waals surface area contributed by atoms with Crippen molar-refractivity contribution < 1.29 is 19.4 Å². The minimum absolute atomic E-state index is 0.0539. The summed E-state index contributed by atoms with van der Waals surface area (Å²) >= 11 is 0. The first-order valence-corrected chi connectivity index (χ1v) is 14.2. The minimum atomic E-state index is -1.40. The topological polar surface area (TPSA) is 129 Å². The van der Waals surface area contributed by atoms with Gasteiger partial charge in [0, 0.05) is 47.7 Å². The van der Waals surface area contributed by atoms with E-state index in [1.807, 2.05) is 84.9 Å². The highest BCUT2D eigenvalue weighted by molar-refractivity contribution is 6.01. The Morgan fingerprint density at radius 3 is 2.33 bits per heavy atom. The van der Waals surface area contributed by atoms with Gasteiger partial charge < -0.3 is 19.9 Å². The van der Waals surface area contributed by atoms with Gasteiger partial charge >= 0.3 is 0 Å². The maximum Gasteiger partial charge on any atom is 0.252 e. The number of ether oxygens (including phenoxy) is 2. The summed E-state index contributed by atoms with van der Waals surface area (Å²) in [6, 6.07) is 34.0. The predicted molar refractivity (Wildman–Crippen MR) is 165 cm³/mol. The van der Waals surface area contributed by atoms with Gasteiger partial charge in [0.1, 0.15) is 5.75 Å². The molecule has 5 rings (SSSR count). The molecule has 43 heavy (non-hydrogen) atoms. The predicted octanol–water partition coefficient (Wildman–Crippen LogP) is 6.25. The van der Waals surface area contributed by atoms with Crippen LogP contribution < -0.4 is 10.1 Å². The number of rotatable bonds is 13. The van der Waals surface area contributed by atoms with E-state index in [-0.39, 0.29) is 18.9 Å². The third-order valence-electron chi connectivity index (χ3n) is 7.26. The molecule has 0 bridgehead atoms. The number of hydrogen-bond acceptors (Lipinski definition) is 6. The van der Waals surface area contributed by atoms with E-state index in [1.54, 1.807) is 24.3 Å². The lowest BCUT2D eigenvalue weighted by molar-refractivity contribution is -0.128. The second-order valence-electron chi connectivity index (χ2n) is 10.2. The summed E-state index contributed by atoms with van der Waals surface area (Å²) in [6.45, 7) is 0.863. The average molecular weight is 576 g/mol. The molecule has 9 nitrogen and oxygen atoms in total. The Morgan fingerprint density at radius 2 is 1.63 bits per heavy atom. The van der Waals surface area contributed by atoms with Gasteiger partial charge in [-0.3, -0.25) is 4.79 Å². The molecule has 1 heterocycles. The molecule has 2 atom stereocenters. The molecule has 4 aromatic carbocycles. The van der Waals surface area contributed by atoms with Crippen LogP contribution in [0.5, 0.6) is 5.75 Å². The van der Waals surface area contributed by atoms with Crippen LogP contribution in [-0.2, 0) is 22.4 Å². The lowest BCUT2D eigenvalue weighted by Gasteiger charge is -2.31. The number of carbonyl (C=O) groups is 1. The number of amides is 1. The van der Waals surface area contributed by atoms with Gasteiger partial charge in [0.2, 0.25) is 5.90 Å². The highest BCUT2D eigenvalue weighted by atomic mass is 16.5. The first-order chi connectivity index (χ1) is 21.1. The van der Waals surface area contributed by atoms with E-state index in [9.17, 15) is 10.3 Å². The summed E-state index contributed by atoms with van der Waals surface area (Å²) in [5.74, 6) is 0.666. The van der Waals surface area contributed by atoms with Crippen LogP contribution in [0, 0.1) is 0 Å². The Morgan fingerprint density at radius 1 is 0.953 bits per heavy atom. The lowest BCUT2D eigenvalue weighted by atomic mass is 9.81. The number of aliphatic imine (C=N–C) groups is 1. The second-order valence-corrected chi connectivity index (χ2v) is 10.2.